The fraction of sp³-hybridized carbons (Fsp3) is 0.222. The molecule has 116 valence electrons. The Morgan fingerprint density at radius 2 is 1.95 bits per heavy atom. The molecule has 0 spiro atoms. The molecule has 0 heterocycles. The van der Waals surface area contributed by atoms with Crippen molar-refractivity contribution in [3.63, 3.8) is 0 Å². The summed E-state index contributed by atoms with van der Waals surface area (Å²) in [5, 5.41) is 3.50. The summed E-state index contributed by atoms with van der Waals surface area (Å²) in [6, 6.07) is 12.4. The van der Waals surface area contributed by atoms with Gasteiger partial charge in [-0.25, -0.2) is 0 Å². The molecule has 0 aliphatic carbocycles. The van der Waals surface area contributed by atoms with Crippen LogP contribution in [0.1, 0.15) is 18.1 Å². The van der Waals surface area contributed by atoms with Crippen molar-refractivity contribution in [2.45, 2.75) is 19.9 Å². The number of rotatable bonds is 7. The molecular weight excluding hydrogens is 406 g/mol. The molecule has 0 fully saturated rings. The molecule has 2 nitrogen and oxygen atoms in total. The Bertz CT molecular complexity index is 656. The van der Waals surface area contributed by atoms with Gasteiger partial charge in [0.1, 0.15) is 12.4 Å². The van der Waals surface area contributed by atoms with Crippen LogP contribution >= 0.6 is 31.9 Å². The molecule has 0 saturated carbocycles. The summed E-state index contributed by atoms with van der Waals surface area (Å²) in [4.78, 5) is 0. The fourth-order valence-corrected chi connectivity index (χ4v) is 3.67. The maximum absolute atomic E-state index is 5.79. The lowest BCUT2D eigenvalue weighted by molar-refractivity contribution is 0.357. The predicted octanol–water partition coefficient (Wildman–Crippen LogP) is 5.95. The molecule has 22 heavy (non-hydrogen) atoms. The molecular formula is C18H19Br2NO. The number of hydrogen-bond donors (Lipinski definition) is 1. The van der Waals surface area contributed by atoms with E-state index in [1.165, 1.54) is 5.56 Å². The van der Waals surface area contributed by atoms with Gasteiger partial charge in [0.25, 0.3) is 0 Å². The third kappa shape index (κ3) is 4.37. The van der Waals surface area contributed by atoms with Crippen LogP contribution < -0.4 is 10.1 Å². The molecule has 0 atom stereocenters. The van der Waals surface area contributed by atoms with Crippen LogP contribution in [0.4, 0.5) is 5.69 Å². The molecule has 0 bridgehead atoms. The minimum atomic E-state index is 0.485. The molecule has 0 aromatic heterocycles. The van der Waals surface area contributed by atoms with Crippen LogP contribution in [0.15, 0.2) is 58.0 Å². The molecule has 0 aliphatic heterocycles. The maximum atomic E-state index is 5.79. The Labute approximate surface area is 148 Å². The summed E-state index contributed by atoms with van der Waals surface area (Å²) in [5.41, 5.74) is 3.56. The van der Waals surface area contributed by atoms with E-state index in [1.807, 2.05) is 12.1 Å². The van der Waals surface area contributed by atoms with Crippen molar-refractivity contribution in [2.24, 2.45) is 0 Å². The molecule has 0 amide bonds. The van der Waals surface area contributed by atoms with E-state index in [9.17, 15) is 0 Å². The first kappa shape index (κ1) is 17.1. The number of hydrogen-bond acceptors (Lipinski definition) is 2. The van der Waals surface area contributed by atoms with E-state index in [4.69, 9.17) is 4.74 Å². The van der Waals surface area contributed by atoms with Gasteiger partial charge in [0, 0.05) is 22.3 Å². The summed E-state index contributed by atoms with van der Waals surface area (Å²) in [6.45, 7) is 7.05. The lowest BCUT2D eigenvalue weighted by Gasteiger charge is -2.16. The van der Waals surface area contributed by atoms with E-state index in [2.05, 4.69) is 74.9 Å². The highest BCUT2D eigenvalue weighted by molar-refractivity contribution is 9.11. The van der Waals surface area contributed by atoms with Gasteiger partial charge in [-0.2, -0.15) is 0 Å². The van der Waals surface area contributed by atoms with E-state index < -0.39 is 0 Å². The van der Waals surface area contributed by atoms with E-state index >= 15 is 0 Å². The van der Waals surface area contributed by atoms with Crippen molar-refractivity contribution >= 4 is 37.5 Å². The molecule has 0 unspecified atom stereocenters. The van der Waals surface area contributed by atoms with Crippen molar-refractivity contribution in [1.29, 1.82) is 0 Å². The van der Waals surface area contributed by atoms with Crippen LogP contribution in [0.3, 0.4) is 0 Å². The highest BCUT2D eigenvalue weighted by Gasteiger charge is 2.10. The molecule has 2 aromatic carbocycles. The van der Waals surface area contributed by atoms with Gasteiger partial charge >= 0.3 is 0 Å². The Hall–Kier alpha value is -1.26. The Morgan fingerprint density at radius 3 is 2.68 bits per heavy atom. The van der Waals surface area contributed by atoms with Gasteiger partial charge in [-0.1, -0.05) is 53.7 Å². The Morgan fingerprint density at radius 1 is 1.18 bits per heavy atom. The van der Waals surface area contributed by atoms with E-state index in [0.29, 0.717) is 13.2 Å². The zero-order chi connectivity index (χ0) is 15.9. The third-order valence-corrected chi connectivity index (χ3v) is 4.35. The van der Waals surface area contributed by atoms with E-state index in [0.717, 1.165) is 32.4 Å². The number of para-hydroxylation sites is 1. The third-order valence-electron chi connectivity index (χ3n) is 3.30. The first-order valence-electron chi connectivity index (χ1n) is 7.19. The van der Waals surface area contributed by atoms with Gasteiger partial charge in [0.2, 0.25) is 0 Å². The number of aryl methyl sites for hydroxylation is 1. The summed E-state index contributed by atoms with van der Waals surface area (Å²) in [6.07, 6.45) is 2.75. The second-order valence-electron chi connectivity index (χ2n) is 4.84. The number of halogens is 2. The number of benzene rings is 2. The largest absolute Gasteiger partial charge is 0.488 e. The normalized spacial score (nSPS) is 10.3. The molecule has 1 N–H and O–H groups in total. The second kappa shape index (κ2) is 8.39. The van der Waals surface area contributed by atoms with Crippen LogP contribution in [0.25, 0.3) is 0 Å². The van der Waals surface area contributed by atoms with Crippen LogP contribution in [0.2, 0.25) is 0 Å². The Balaban J connectivity index is 2.22. The SMILES string of the molecule is C=CCOc1c(Br)cc(Br)cc1CNc1ccccc1CC. The summed E-state index contributed by atoms with van der Waals surface area (Å²) < 4.78 is 7.75. The lowest BCUT2D eigenvalue weighted by Crippen LogP contribution is -2.05. The van der Waals surface area contributed by atoms with Crippen LogP contribution in [-0.2, 0) is 13.0 Å². The average molecular weight is 425 g/mol. The Kier molecular flexibility index (Phi) is 6.52. The first-order chi connectivity index (χ1) is 10.7. The minimum Gasteiger partial charge on any atom is -0.488 e. The van der Waals surface area contributed by atoms with E-state index in [1.54, 1.807) is 6.08 Å². The van der Waals surface area contributed by atoms with Crippen molar-refractivity contribution in [3.8, 4) is 5.75 Å². The minimum absolute atomic E-state index is 0.485. The van der Waals surface area contributed by atoms with Crippen LogP contribution in [-0.4, -0.2) is 6.61 Å². The zero-order valence-corrected chi connectivity index (χ0v) is 15.7. The lowest BCUT2D eigenvalue weighted by atomic mass is 10.1. The topological polar surface area (TPSA) is 21.3 Å². The molecule has 2 aromatic rings. The highest BCUT2D eigenvalue weighted by Crippen LogP contribution is 2.33. The standard InChI is InChI=1S/C18H19Br2NO/c1-3-9-22-18-14(10-15(19)11-16(18)20)12-21-17-8-6-5-7-13(17)4-2/h3,5-8,10-11,21H,1,4,9,12H2,2H3. The molecule has 0 radical (unpaired) electrons. The fourth-order valence-electron chi connectivity index (χ4n) is 2.24. The molecule has 4 heteroatoms. The van der Waals surface area contributed by atoms with Crippen molar-refractivity contribution in [1.82, 2.24) is 0 Å². The highest BCUT2D eigenvalue weighted by atomic mass is 79.9. The van der Waals surface area contributed by atoms with E-state index in [-0.39, 0.29) is 0 Å². The van der Waals surface area contributed by atoms with Gasteiger partial charge < -0.3 is 10.1 Å². The molecule has 0 aliphatic rings. The number of anilines is 1. The predicted molar refractivity (Wildman–Crippen MR) is 101 cm³/mol. The van der Waals surface area contributed by atoms with Gasteiger partial charge in [-0.15, -0.1) is 0 Å². The summed E-state index contributed by atoms with van der Waals surface area (Å²) in [5.74, 6) is 0.851. The monoisotopic (exact) mass is 423 g/mol. The smallest absolute Gasteiger partial charge is 0.139 e. The first-order valence-corrected chi connectivity index (χ1v) is 8.77. The van der Waals surface area contributed by atoms with Gasteiger partial charge in [-0.05, 0) is 46.1 Å². The zero-order valence-electron chi connectivity index (χ0n) is 12.5. The van der Waals surface area contributed by atoms with Gasteiger partial charge in [-0.3, -0.25) is 0 Å². The van der Waals surface area contributed by atoms with Crippen LogP contribution in [0, 0.1) is 0 Å². The number of nitrogens with one attached hydrogen (secondary N) is 1. The second-order valence-corrected chi connectivity index (χ2v) is 6.61. The summed E-state index contributed by atoms with van der Waals surface area (Å²) in [7, 11) is 0. The van der Waals surface area contributed by atoms with Crippen LogP contribution in [0.5, 0.6) is 5.75 Å². The van der Waals surface area contributed by atoms with Crippen molar-refractivity contribution < 1.29 is 4.74 Å². The number of ether oxygens (including phenoxy) is 1. The van der Waals surface area contributed by atoms with Gasteiger partial charge in [0.05, 0.1) is 4.47 Å². The quantitative estimate of drug-likeness (QED) is 0.554. The molecule has 0 saturated heterocycles. The maximum Gasteiger partial charge on any atom is 0.139 e. The van der Waals surface area contributed by atoms with Crippen molar-refractivity contribution in [3.05, 3.63) is 69.1 Å². The average Bonchev–Trinajstić information content (AvgIpc) is 2.52. The van der Waals surface area contributed by atoms with Crippen molar-refractivity contribution in [2.75, 3.05) is 11.9 Å². The van der Waals surface area contributed by atoms with Gasteiger partial charge in [0.15, 0.2) is 0 Å². The molecule has 2 rings (SSSR count). The summed E-state index contributed by atoms with van der Waals surface area (Å²) >= 11 is 7.10.